The molecule has 3 aromatic carbocycles. The summed E-state index contributed by atoms with van der Waals surface area (Å²) < 4.78 is 16.9. The summed E-state index contributed by atoms with van der Waals surface area (Å²) in [4.78, 5) is 12.6. The SMILES string of the molecule is COc1cc2ccccc2cc1C(=O)N/N=C\c1cc(Br)cc(OC)c1OC. The van der Waals surface area contributed by atoms with E-state index in [1.165, 1.54) is 13.3 Å². The van der Waals surface area contributed by atoms with Crippen LogP contribution in [0.25, 0.3) is 10.8 Å². The molecule has 0 spiro atoms. The quantitative estimate of drug-likeness (QED) is 0.453. The molecule has 0 radical (unpaired) electrons. The number of nitrogens with zero attached hydrogens (tertiary/aromatic N) is 1. The first kappa shape index (κ1) is 19.7. The van der Waals surface area contributed by atoms with Crippen LogP contribution in [0.1, 0.15) is 15.9 Å². The fourth-order valence-corrected chi connectivity index (χ4v) is 3.30. The summed E-state index contributed by atoms with van der Waals surface area (Å²) >= 11 is 3.42. The minimum absolute atomic E-state index is 0.375. The summed E-state index contributed by atoms with van der Waals surface area (Å²) in [7, 11) is 4.63. The third-order valence-electron chi connectivity index (χ3n) is 4.15. The fraction of sp³-hybridized carbons (Fsp3) is 0.143. The van der Waals surface area contributed by atoms with E-state index in [0.29, 0.717) is 28.4 Å². The third-order valence-corrected chi connectivity index (χ3v) is 4.61. The van der Waals surface area contributed by atoms with Crippen molar-refractivity contribution in [3.8, 4) is 17.2 Å². The van der Waals surface area contributed by atoms with Crippen molar-refractivity contribution in [3.63, 3.8) is 0 Å². The summed E-state index contributed by atoms with van der Waals surface area (Å²) in [6.07, 6.45) is 1.50. The molecule has 6 nitrogen and oxygen atoms in total. The lowest BCUT2D eigenvalue weighted by Gasteiger charge is -2.11. The number of hydrogen-bond acceptors (Lipinski definition) is 5. The Balaban J connectivity index is 1.87. The Labute approximate surface area is 171 Å². The van der Waals surface area contributed by atoms with E-state index >= 15 is 0 Å². The van der Waals surface area contributed by atoms with Crippen molar-refractivity contribution in [1.29, 1.82) is 0 Å². The first-order valence-corrected chi connectivity index (χ1v) is 9.18. The van der Waals surface area contributed by atoms with Gasteiger partial charge in [-0.05, 0) is 35.0 Å². The zero-order valence-electron chi connectivity index (χ0n) is 15.7. The maximum Gasteiger partial charge on any atom is 0.275 e. The number of carbonyl (C=O) groups excluding carboxylic acids is 1. The summed E-state index contributed by atoms with van der Waals surface area (Å²) in [5, 5.41) is 5.99. The maximum atomic E-state index is 12.6. The van der Waals surface area contributed by atoms with Crippen molar-refractivity contribution in [2.75, 3.05) is 21.3 Å². The molecule has 7 heteroatoms. The lowest BCUT2D eigenvalue weighted by Crippen LogP contribution is -2.18. The van der Waals surface area contributed by atoms with Crippen LogP contribution in [-0.4, -0.2) is 33.5 Å². The maximum absolute atomic E-state index is 12.6. The van der Waals surface area contributed by atoms with E-state index in [-0.39, 0.29) is 5.91 Å². The Hall–Kier alpha value is -3.06. The van der Waals surface area contributed by atoms with Crippen molar-refractivity contribution < 1.29 is 19.0 Å². The molecular formula is C21H19BrN2O4. The van der Waals surface area contributed by atoms with Gasteiger partial charge in [0.15, 0.2) is 11.5 Å². The second-order valence-electron chi connectivity index (χ2n) is 5.83. The van der Waals surface area contributed by atoms with Gasteiger partial charge in [-0.3, -0.25) is 4.79 Å². The van der Waals surface area contributed by atoms with E-state index < -0.39 is 0 Å². The Kier molecular flexibility index (Phi) is 6.16. The second-order valence-corrected chi connectivity index (χ2v) is 6.74. The van der Waals surface area contributed by atoms with Crippen molar-refractivity contribution >= 4 is 38.8 Å². The average molecular weight is 443 g/mol. The normalized spacial score (nSPS) is 10.9. The van der Waals surface area contributed by atoms with Gasteiger partial charge in [0, 0.05) is 10.0 Å². The van der Waals surface area contributed by atoms with Crippen molar-refractivity contribution in [1.82, 2.24) is 5.43 Å². The van der Waals surface area contributed by atoms with Gasteiger partial charge in [0.25, 0.3) is 5.91 Å². The molecule has 0 aliphatic rings. The molecule has 0 aliphatic heterocycles. The van der Waals surface area contributed by atoms with E-state index in [2.05, 4.69) is 26.5 Å². The molecule has 28 heavy (non-hydrogen) atoms. The largest absolute Gasteiger partial charge is 0.496 e. The van der Waals surface area contributed by atoms with Gasteiger partial charge in [0.05, 0.1) is 33.1 Å². The lowest BCUT2D eigenvalue weighted by molar-refractivity contribution is 0.0952. The van der Waals surface area contributed by atoms with E-state index in [9.17, 15) is 4.79 Å². The van der Waals surface area contributed by atoms with Crippen LogP contribution in [0.2, 0.25) is 0 Å². The molecule has 0 saturated heterocycles. The van der Waals surface area contributed by atoms with E-state index in [0.717, 1.165) is 15.2 Å². The number of methoxy groups -OCH3 is 3. The highest BCUT2D eigenvalue weighted by atomic mass is 79.9. The van der Waals surface area contributed by atoms with Crippen LogP contribution in [-0.2, 0) is 0 Å². The monoisotopic (exact) mass is 442 g/mol. The number of benzene rings is 3. The van der Waals surface area contributed by atoms with Gasteiger partial charge < -0.3 is 14.2 Å². The molecule has 144 valence electrons. The Morgan fingerprint density at radius 1 is 0.964 bits per heavy atom. The fourth-order valence-electron chi connectivity index (χ4n) is 2.84. The van der Waals surface area contributed by atoms with Gasteiger partial charge in [-0.15, -0.1) is 0 Å². The molecule has 1 amide bonds. The average Bonchev–Trinajstić information content (AvgIpc) is 2.72. The second kappa shape index (κ2) is 8.75. The number of hydrogen-bond donors (Lipinski definition) is 1. The highest BCUT2D eigenvalue weighted by Crippen LogP contribution is 2.33. The van der Waals surface area contributed by atoms with Gasteiger partial charge in [-0.25, -0.2) is 5.43 Å². The summed E-state index contributed by atoms with van der Waals surface area (Å²) in [5.74, 6) is 1.18. The van der Waals surface area contributed by atoms with Crippen LogP contribution >= 0.6 is 15.9 Å². The number of fused-ring (bicyclic) bond motifs is 1. The highest BCUT2D eigenvalue weighted by Gasteiger charge is 2.14. The van der Waals surface area contributed by atoms with Crippen molar-refractivity contribution in [2.45, 2.75) is 0 Å². The molecule has 1 N–H and O–H groups in total. The molecule has 0 atom stereocenters. The van der Waals surface area contributed by atoms with Crippen LogP contribution in [0.4, 0.5) is 0 Å². The molecule has 0 bridgehead atoms. The third kappa shape index (κ3) is 4.09. The molecule has 0 heterocycles. The van der Waals surface area contributed by atoms with Crippen LogP contribution in [0.5, 0.6) is 17.2 Å². The lowest BCUT2D eigenvalue weighted by atomic mass is 10.1. The minimum Gasteiger partial charge on any atom is -0.496 e. The smallest absolute Gasteiger partial charge is 0.275 e. The zero-order valence-corrected chi connectivity index (χ0v) is 17.2. The first-order valence-electron chi connectivity index (χ1n) is 8.39. The van der Waals surface area contributed by atoms with Crippen molar-refractivity contribution in [2.24, 2.45) is 5.10 Å². The first-order chi connectivity index (χ1) is 13.6. The van der Waals surface area contributed by atoms with Gasteiger partial charge in [-0.1, -0.05) is 40.2 Å². The van der Waals surface area contributed by atoms with Crippen LogP contribution in [0.15, 0.2) is 58.1 Å². The number of halogens is 1. The van der Waals surface area contributed by atoms with Gasteiger partial charge >= 0.3 is 0 Å². The summed E-state index contributed by atoms with van der Waals surface area (Å²) in [6.45, 7) is 0. The number of carbonyl (C=O) groups is 1. The zero-order chi connectivity index (χ0) is 20.1. The molecular weight excluding hydrogens is 424 g/mol. The van der Waals surface area contributed by atoms with Gasteiger partial charge in [-0.2, -0.15) is 5.10 Å². The van der Waals surface area contributed by atoms with E-state index in [1.807, 2.05) is 36.4 Å². The molecule has 3 aromatic rings. The van der Waals surface area contributed by atoms with E-state index in [1.54, 1.807) is 26.4 Å². The molecule has 0 aliphatic carbocycles. The summed E-state index contributed by atoms with van der Waals surface area (Å²) in [5.41, 5.74) is 3.59. The standard InChI is InChI=1S/C21H19BrN2O4/c1-26-18-10-14-7-5-4-6-13(14)9-17(18)21(25)24-23-12-15-8-16(22)11-19(27-2)20(15)28-3/h4-12H,1-3H3,(H,24,25)/b23-12-. The van der Waals surface area contributed by atoms with Crippen molar-refractivity contribution in [3.05, 3.63) is 64.1 Å². The van der Waals surface area contributed by atoms with Gasteiger partial charge in [0.2, 0.25) is 0 Å². The number of amides is 1. The molecule has 3 rings (SSSR count). The predicted molar refractivity (Wildman–Crippen MR) is 113 cm³/mol. The van der Waals surface area contributed by atoms with Crippen LogP contribution in [0, 0.1) is 0 Å². The number of nitrogens with one attached hydrogen (secondary N) is 1. The van der Waals surface area contributed by atoms with Gasteiger partial charge in [0.1, 0.15) is 5.75 Å². The molecule has 0 unspecified atom stereocenters. The Morgan fingerprint density at radius 2 is 1.64 bits per heavy atom. The molecule has 0 saturated carbocycles. The van der Waals surface area contributed by atoms with Crippen LogP contribution < -0.4 is 19.6 Å². The summed E-state index contributed by atoms with van der Waals surface area (Å²) in [6, 6.07) is 15.0. The minimum atomic E-state index is -0.375. The number of ether oxygens (including phenoxy) is 3. The molecule has 0 aromatic heterocycles. The number of hydrazone groups is 1. The topological polar surface area (TPSA) is 69.2 Å². The molecule has 0 fully saturated rings. The predicted octanol–water partition coefficient (Wildman–Crippen LogP) is 4.39. The van der Waals surface area contributed by atoms with Crippen LogP contribution in [0.3, 0.4) is 0 Å². The Bertz CT molecular complexity index is 1050. The number of rotatable bonds is 6. The Morgan fingerprint density at radius 3 is 2.29 bits per heavy atom. The van der Waals surface area contributed by atoms with E-state index in [4.69, 9.17) is 14.2 Å². The highest BCUT2D eigenvalue weighted by molar-refractivity contribution is 9.10.